The third kappa shape index (κ3) is 3.91. The summed E-state index contributed by atoms with van der Waals surface area (Å²) < 4.78 is 10.7. The van der Waals surface area contributed by atoms with Crippen molar-refractivity contribution in [3.05, 3.63) is 65.1 Å². The topological polar surface area (TPSA) is 84.7 Å². The van der Waals surface area contributed by atoms with Crippen molar-refractivity contribution in [3.63, 3.8) is 0 Å². The van der Waals surface area contributed by atoms with Crippen LogP contribution in [0.1, 0.15) is 27.9 Å². The second-order valence-corrected chi connectivity index (χ2v) is 7.52. The van der Waals surface area contributed by atoms with E-state index in [9.17, 15) is 9.59 Å². The Labute approximate surface area is 165 Å². The first kappa shape index (κ1) is 18.2. The van der Waals surface area contributed by atoms with Crippen molar-refractivity contribution in [2.24, 2.45) is 0 Å². The van der Waals surface area contributed by atoms with E-state index in [0.717, 1.165) is 10.6 Å². The third-order valence-corrected chi connectivity index (χ3v) is 5.45. The molecule has 0 aliphatic carbocycles. The van der Waals surface area contributed by atoms with Gasteiger partial charge in [0.2, 0.25) is 0 Å². The number of para-hydroxylation sites is 1. The Balaban J connectivity index is 1.39. The molecule has 0 unspecified atom stereocenters. The number of benzene rings is 1. The number of hydrogen-bond donors (Lipinski definition) is 1. The van der Waals surface area contributed by atoms with Gasteiger partial charge < -0.3 is 14.1 Å². The molecule has 1 aliphatic heterocycles. The molecule has 0 bridgehead atoms. The molecule has 144 valence electrons. The molecule has 0 fully saturated rings. The molecule has 0 spiro atoms. The fourth-order valence-electron chi connectivity index (χ4n) is 3.01. The number of carbonyl (C=O) groups is 2. The summed E-state index contributed by atoms with van der Waals surface area (Å²) in [6.07, 6.45) is 2.91. The van der Waals surface area contributed by atoms with E-state index < -0.39 is 6.10 Å². The Morgan fingerprint density at radius 3 is 2.86 bits per heavy atom. The number of nitrogens with one attached hydrogen (secondary N) is 1. The Hall–Kier alpha value is -3.13. The zero-order valence-corrected chi connectivity index (χ0v) is 16.1. The number of ether oxygens (including phenoxy) is 1. The molecule has 7 nitrogen and oxygen atoms in total. The number of amides is 2. The smallest absolute Gasteiger partial charge is 0.263 e. The van der Waals surface area contributed by atoms with Crippen molar-refractivity contribution >= 4 is 28.3 Å². The zero-order valence-electron chi connectivity index (χ0n) is 15.3. The van der Waals surface area contributed by atoms with Gasteiger partial charge in [0.15, 0.2) is 11.2 Å². The van der Waals surface area contributed by atoms with Crippen LogP contribution in [-0.2, 0) is 17.8 Å². The lowest BCUT2D eigenvalue weighted by atomic mass is 10.1. The monoisotopic (exact) mass is 397 g/mol. The van der Waals surface area contributed by atoms with Crippen LogP contribution in [0.3, 0.4) is 0 Å². The predicted octanol–water partition coefficient (Wildman–Crippen LogP) is 3.34. The number of nitrogens with zero attached hydrogens (tertiary/aromatic N) is 2. The maximum absolute atomic E-state index is 12.8. The highest BCUT2D eigenvalue weighted by Gasteiger charge is 2.28. The number of aromatic nitrogens is 1. The van der Waals surface area contributed by atoms with Crippen LogP contribution in [0.2, 0.25) is 0 Å². The zero-order chi connectivity index (χ0) is 19.5. The van der Waals surface area contributed by atoms with Crippen molar-refractivity contribution < 1.29 is 18.7 Å². The second kappa shape index (κ2) is 7.85. The lowest BCUT2D eigenvalue weighted by molar-refractivity contribution is -0.138. The number of anilines is 1. The lowest BCUT2D eigenvalue weighted by Crippen LogP contribution is -2.42. The summed E-state index contributed by atoms with van der Waals surface area (Å²) in [5.74, 6) is 0.340. The first-order valence-corrected chi connectivity index (χ1v) is 9.74. The predicted molar refractivity (Wildman–Crippen MR) is 104 cm³/mol. The van der Waals surface area contributed by atoms with Gasteiger partial charge in [-0.1, -0.05) is 29.5 Å². The SMILES string of the molecule is C[C@@H](Oc1ccccc1)C(=O)N1CCc2nc(NC(=O)c3ccoc3)sc2C1. The molecule has 1 aromatic carbocycles. The van der Waals surface area contributed by atoms with Crippen molar-refractivity contribution in [1.29, 1.82) is 0 Å². The van der Waals surface area contributed by atoms with Crippen LogP contribution in [0.5, 0.6) is 5.75 Å². The third-order valence-electron chi connectivity index (χ3n) is 4.45. The molecule has 0 radical (unpaired) electrons. The van der Waals surface area contributed by atoms with Crippen LogP contribution < -0.4 is 10.1 Å². The fraction of sp³-hybridized carbons (Fsp3) is 0.250. The summed E-state index contributed by atoms with van der Waals surface area (Å²) in [5, 5.41) is 3.31. The molecule has 4 rings (SSSR count). The van der Waals surface area contributed by atoms with Crippen LogP contribution in [0.4, 0.5) is 5.13 Å². The van der Waals surface area contributed by atoms with Crippen molar-refractivity contribution in [1.82, 2.24) is 9.88 Å². The molecule has 1 aliphatic rings. The van der Waals surface area contributed by atoms with E-state index in [2.05, 4.69) is 10.3 Å². The molecule has 1 atom stereocenters. The summed E-state index contributed by atoms with van der Waals surface area (Å²) >= 11 is 1.39. The van der Waals surface area contributed by atoms with E-state index in [4.69, 9.17) is 9.15 Å². The number of carbonyl (C=O) groups excluding carboxylic acids is 2. The van der Waals surface area contributed by atoms with Gasteiger partial charge in [-0.25, -0.2) is 4.98 Å². The molecule has 3 aromatic rings. The minimum absolute atomic E-state index is 0.0631. The van der Waals surface area contributed by atoms with E-state index in [1.54, 1.807) is 17.9 Å². The standard InChI is InChI=1S/C20H19N3O4S/c1-13(27-15-5-3-2-4-6-15)19(25)23-9-7-16-17(11-23)28-20(21-16)22-18(24)14-8-10-26-12-14/h2-6,8,10,12-13H,7,9,11H2,1H3,(H,21,22,24)/t13-/m1/s1. The average Bonchev–Trinajstić information content (AvgIpc) is 3.37. The molecule has 8 heteroatoms. The van der Waals surface area contributed by atoms with Crippen LogP contribution in [0, 0.1) is 0 Å². The molecule has 0 saturated carbocycles. The summed E-state index contributed by atoms with van der Waals surface area (Å²) in [6.45, 7) is 2.80. The Kier molecular flexibility index (Phi) is 5.12. The van der Waals surface area contributed by atoms with Gasteiger partial charge in [-0.15, -0.1) is 0 Å². The minimum atomic E-state index is -0.572. The summed E-state index contributed by atoms with van der Waals surface area (Å²) in [5.41, 5.74) is 1.37. The van der Waals surface area contributed by atoms with Gasteiger partial charge in [-0.3, -0.25) is 14.9 Å². The number of thiazole rings is 1. The maximum Gasteiger partial charge on any atom is 0.263 e. The van der Waals surface area contributed by atoms with Crippen LogP contribution >= 0.6 is 11.3 Å². The van der Waals surface area contributed by atoms with E-state index >= 15 is 0 Å². The summed E-state index contributed by atoms with van der Waals surface area (Å²) in [4.78, 5) is 32.1. The van der Waals surface area contributed by atoms with Crippen LogP contribution in [-0.4, -0.2) is 34.3 Å². The highest BCUT2D eigenvalue weighted by molar-refractivity contribution is 7.15. The molecular formula is C20H19N3O4S. The maximum atomic E-state index is 12.8. The van der Waals surface area contributed by atoms with E-state index in [1.165, 1.54) is 23.9 Å². The average molecular weight is 397 g/mol. The van der Waals surface area contributed by atoms with Crippen molar-refractivity contribution in [3.8, 4) is 5.75 Å². The van der Waals surface area contributed by atoms with Crippen molar-refractivity contribution in [2.75, 3.05) is 11.9 Å². The molecular weight excluding hydrogens is 378 g/mol. The fourth-order valence-corrected chi connectivity index (χ4v) is 4.03. The molecule has 1 N–H and O–H groups in total. The second-order valence-electron chi connectivity index (χ2n) is 6.44. The highest BCUT2D eigenvalue weighted by Crippen LogP contribution is 2.29. The van der Waals surface area contributed by atoms with Crippen LogP contribution in [0.15, 0.2) is 53.3 Å². The first-order valence-electron chi connectivity index (χ1n) is 8.93. The molecule has 2 amide bonds. The molecule has 28 heavy (non-hydrogen) atoms. The van der Waals surface area contributed by atoms with Gasteiger partial charge >= 0.3 is 0 Å². The van der Waals surface area contributed by atoms with Crippen molar-refractivity contribution in [2.45, 2.75) is 26.0 Å². The molecule has 3 heterocycles. The molecule has 0 saturated heterocycles. The van der Waals surface area contributed by atoms with Gasteiger partial charge in [0.1, 0.15) is 12.0 Å². The number of fused-ring (bicyclic) bond motifs is 1. The van der Waals surface area contributed by atoms with E-state index in [-0.39, 0.29) is 11.8 Å². The van der Waals surface area contributed by atoms with E-state index in [0.29, 0.717) is 36.0 Å². The highest BCUT2D eigenvalue weighted by atomic mass is 32.1. The van der Waals surface area contributed by atoms with Gasteiger partial charge in [0.05, 0.1) is 24.1 Å². The van der Waals surface area contributed by atoms with Gasteiger partial charge in [0.25, 0.3) is 11.8 Å². The lowest BCUT2D eigenvalue weighted by Gasteiger charge is -2.28. The molecule has 2 aromatic heterocycles. The summed E-state index contributed by atoms with van der Waals surface area (Å²) in [6, 6.07) is 10.9. The van der Waals surface area contributed by atoms with Gasteiger partial charge in [-0.05, 0) is 25.1 Å². The van der Waals surface area contributed by atoms with Crippen LogP contribution in [0.25, 0.3) is 0 Å². The number of furan rings is 1. The largest absolute Gasteiger partial charge is 0.481 e. The number of rotatable bonds is 5. The van der Waals surface area contributed by atoms with E-state index in [1.807, 2.05) is 30.3 Å². The minimum Gasteiger partial charge on any atom is -0.481 e. The Morgan fingerprint density at radius 2 is 2.11 bits per heavy atom. The normalized spacial score (nSPS) is 14.2. The quantitative estimate of drug-likeness (QED) is 0.714. The first-order chi connectivity index (χ1) is 13.6. The summed E-state index contributed by atoms with van der Waals surface area (Å²) in [7, 11) is 0. The Morgan fingerprint density at radius 1 is 1.29 bits per heavy atom. The number of hydrogen-bond acceptors (Lipinski definition) is 6. The Bertz CT molecular complexity index is 969. The van der Waals surface area contributed by atoms with Gasteiger partial charge in [0, 0.05) is 17.8 Å². The van der Waals surface area contributed by atoms with Gasteiger partial charge in [-0.2, -0.15) is 0 Å².